The first kappa shape index (κ1) is 16.9. The highest BCUT2D eigenvalue weighted by atomic mass is 127. The molecular weight excluding hydrogens is 476 g/mol. The highest BCUT2D eigenvalue weighted by molar-refractivity contribution is 14.1. The highest BCUT2D eigenvalue weighted by Crippen LogP contribution is 2.26. The van der Waals surface area contributed by atoms with Crippen molar-refractivity contribution in [2.75, 3.05) is 12.3 Å². The van der Waals surface area contributed by atoms with Crippen LogP contribution < -0.4 is 11.1 Å². The van der Waals surface area contributed by atoms with Crippen LogP contribution in [0.2, 0.25) is 0 Å². The van der Waals surface area contributed by atoms with Gasteiger partial charge in [0, 0.05) is 24.4 Å². The molecule has 1 aliphatic carbocycles. The molecule has 1 aliphatic rings. The number of hydrogen-bond donors (Lipinski definition) is 2. The van der Waals surface area contributed by atoms with Crippen molar-refractivity contribution in [1.29, 1.82) is 0 Å². The minimum Gasteiger partial charge on any atom is -0.341 e. The maximum atomic E-state index is 13.3. The third-order valence-corrected chi connectivity index (χ3v) is 4.77. The molecule has 0 saturated carbocycles. The zero-order valence-electron chi connectivity index (χ0n) is 10.7. The van der Waals surface area contributed by atoms with Crippen LogP contribution in [0.1, 0.15) is 12.1 Å². The van der Waals surface area contributed by atoms with Gasteiger partial charge in [-0.2, -0.15) is 3.21 Å². The summed E-state index contributed by atoms with van der Waals surface area (Å²) in [6, 6.07) is 0. The van der Waals surface area contributed by atoms with Gasteiger partial charge in [0.2, 0.25) is 0 Å². The van der Waals surface area contributed by atoms with E-state index in [1.165, 1.54) is 17.8 Å². The molecule has 114 valence electrons. The summed E-state index contributed by atoms with van der Waals surface area (Å²) in [5.74, 6) is 1.02. The van der Waals surface area contributed by atoms with Gasteiger partial charge in [-0.15, -0.1) is 0 Å². The topological polar surface area (TPSA) is 89.3 Å². The number of thioether (sulfide) groups is 1. The predicted molar refractivity (Wildman–Crippen MR) is 92.4 cm³/mol. The average molecular weight is 488 g/mol. The first-order chi connectivity index (χ1) is 10.2. The summed E-state index contributed by atoms with van der Waals surface area (Å²) in [6.45, 7) is 0.529. The molecule has 6 nitrogen and oxygen atoms in total. The van der Waals surface area contributed by atoms with Crippen molar-refractivity contribution < 1.29 is 9.02 Å². The van der Waals surface area contributed by atoms with E-state index in [0.29, 0.717) is 35.3 Å². The lowest BCUT2D eigenvalue weighted by Crippen LogP contribution is -2.27. The summed E-state index contributed by atoms with van der Waals surface area (Å²) >= 11 is 6.58. The number of hydrogen-bond acceptors (Lipinski definition) is 6. The number of nitrogens with zero attached hydrogens (tertiary/aromatic N) is 3. The van der Waals surface area contributed by atoms with E-state index in [0.717, 1.165) is 5.70 Å². The molecule has 3 N–H and O–H groups in total. The van der Waals surface area contributed by atoms with E-state index in [1.807, 2.05) is 22.9 Å². The molecule has 1 aromatic heterocycles. The van der Waals surface area contributed by atoms with Crippen molar-refractivity contribution in [3.8, 4) is 0 Å². The Kier molecular flexibility index (Phi) is 6.64. The molecule has 2 rings (SSSR count). The van der Waals surface area contributed by atoms with Crippen LogP contribution in [0.15, 0.2) is 36.5 Å². The number of allylic oxidation sites excluding steroid dienone is 4. The van der Waals surface area contributed by atoms with E-state index in [4.69, 9.17) is 10.4 Å². The van der Waals surface area contributed by atoms with Gasteiger partial charge in [0.1, 0.15) is 5.83 Å². The fourth-order valence-corrected chi connectivity index (χ4v) is 3.10. The standard InChI is InChI=1S/C11H12BrFIN5OS/c12-7-5-6(1-2-8(7)13)16-10(17-14)9-11(19-20-18-9)21-4-3-15/h1-2,7H,3-5,15H2,(H,16,17). The molecule has 1 unspecified atom stereocenters. The highest BCUT2D eigenvalue weighted by Gasteiger charge is 2.21. The number of aromatic nitrogens is 2. The van der Waals surface area contributed by atoms with Crippen molar-refractivity contribution in [3.63, 3.8) is 0 Å². The van der Waals surface area contributed by atoms with Crippen LogP contribution in [0.4, 0.5) is 4.39 Å². The minimum absolute atomic E-state index is 0.198. The Morgan fingerprint density at radius 3 is 3.10 bits per heavy atom. The van der Waals surface area contributed by atoms with Gasteiger partial charge in [-0.25, -0.2) is 9.02 Å². The van der Waals surface area contributed by atoms with Crippen molar-refractivity contribution in [1.82, 2.24) is 15.6 Å². The second-order valence-electron chi connectivity index (χ2n) is 4.03. The van der Waals surface area contributed by atoms with E-state index in [1.54, 1.807) is 6.08 Å². The summed E-state index contributed by atoms with van der Waals surface area (Å²) in [5.41, 5.74) is 6.82. The fourth-order valence-electron chi connectivity index (χ4n) is 1.58. The molecule has 0 aromatic carbocycles. The van der Waals surface area contributed by atoms with Crippen molar-refractivity contribution in [3.05, 3.63) is 29.4 Å². The Morgan fingerprint density at radius 2 is 2.43 bits per heavy atom. The zero-order valence-corrected chi connectivity index (χ0v) is 15.3. The number of nitrogens with one attached hydrogen (secondary N) is 1. The Balaban J connectivity index is 2.13. The van der Waals surface area contributed by atoms with Gasteiger partial charge < -0.3 is 11.1 Å². The normalized spacial score (nSPS) is 19.2. The first-order valence-corrected chi connectivity index (χ1v) is 8.84. The van der Waals surface area contributed by atoms with Crippen LogP contribution in [-0.2, 0) is 0 Å². The van der Waals surface area contributed by atoms with Crippen LogP contribution in [0.3, 0.4) is 0 Å². The van der Waals surface area contributed by atoms with E-state index >= 15 is 0 Å². The second-order valence-corrected chi connectivity index (χ2v) is 6.70. The maximum Gasteiger partial charge on any atom is 0.184 e. The molecule has 0 aliphatic heterocycles. The number of nitrogens with two attached hydrogens (primary N) is 1. The summed E-state index contributed by atoms with van der Waals surface area (Å²) in [4.78, 5) is -0.331. The SMILES string of the molecule is NCCSc1nonc1C(=NI)NC1=CC=C(F)C(Br)C1. The summed E-state index contributed by atoms with van der Waals surface area (Å²) in [5, 5.41) is 11.5. The molecule has 1 aromatic rings. The molecule has 0 saturated heterocycles. The molecule has 1 heterocycles. The Hall–Kier alpha value is -0.460. The smallest absolute Gasteiger partial charge is 0.184 e. The average Bonchev–Trinajstić information content (AvgIpc) is 2.94. The maximum absolute atomic E-state index is 13.3. The summed E-state index contributed by atoms with van der Waals surface area (Å²) < 4.78 is 22.2. The molecule has 0 spiro atoms. The van der Waals surface area contributed by atoms with Gasteiger partial charge in [0.05, 0.1) is 27.7 Å². The molecule has 0 radical (unpaired) electrons. The van der Waals surface area contributed by atoms with E-state index in [-0.39, 0.29) is 10.7 Å². The summed E-state index contributed by atoms with van der Waals surface area (Å²) in [7, 11) is 0. The van der Waals surface area contributed by atoms with Crippen LogP contribution in [0.5, 0.6) is 0 Å². The second kappa shape index (κ2) is 8.25. The molecule has 0 bridgehead atoms. The quantitative estimate of drug-likeness (QED) is 0.218. The Morgan fingerprint density at radius 1 is 1.62 bits per heavy atom. The molecule has 0 fully saturated rings. The molecule has 10 heteroatoms. The number of rotatable bonds is 5. The molecule has 21 heavy (non-hydrogen) atoms. The monoisotopic (exact) mass is 487 g/mol. The molecular formula is C11H12BrFIN5OS. The lowest BCUT2D eigenvalue weighted by Gasteiger charge is -2.17. The van der Waals surface area contributed by atoms with Crippen LogP contribution >= 0.6 is 50.6 Å². The molecule has 0 amide bonds. The first-order valence-electron chi connectivity index (χ1n) is 5.97. The zero-order chi connectivity index (χ0) is 15.2. The lowest BCUT2D eigenvalue weighted by atomic mass is 10.1. The van der Waals surface area contributed by atoms with Gasteiger partial charge in [-0.05, 0) is 22.5 Å². The third-order valence-electron chi connectivity index (χ3n) is 2.54. The Labute approximate surface area is 147 Å². The summed E-state index contributed by atoms with van der Waals surface area (Å²) in [6.07, 6.45) is 3.59. The van der Waals surface area contributed by atoms with E-state index < -0.39 is 0 Å². The van der Waals surface area contributed by atoms with Crippen molar-refractivity contribution in [2.24, 2.45) is 8.94 Å². The third kappa shape index (κ3) is 4.50. The minimum atomic E-state index is -0.331. The number of amidine groups is 1. The van der Waals surface area contributed by atoms with Crippen LogP contribution in [-0.4, -0.2) is 33.3 Å². The van der Waals surface area contributed by atoms with Crippen molar-refractivity contribution in [2.45, 2.75) is 16.3 Å². The Bertz CT molecular complexity index is 591. The fraction of sp³-hybridized carbons (Fsp3) is 0.364. The van der Waals surface area contributed by atoms with Crippen molar-refractivity contribution >= 4 is 56.4 Å². The van der Waals surface area contributed by atoms with E-state index in [2.05, 4.69) is 34.8 Å². The van der Waals surface area contributed by atoms with E-state index in [9.17, 15) is 4.39 Å². The largest absolute Gasteiger partial charge is 0.341 e. The number of alkyl halides is 1. The van der Waals surface area contributed by atoms with Crippen LogP contribution in [0.25, 0.3) is 0 Å². The number of halogens is 3. The van der Waals surface area contributed by atoms with Gasteiger partial charge >= 0.3 is 0 Å². The van der Waals surface area contributed by atoms with Gasteiger partial charge in [0.25, 0.3) is 0 Å². The molecule has 1 atom stereocenters. The van der Waals surface area contributed by atoms with Gasteiger partial charge in [-0.1, -0.05) is 27.7 Å². The van der Waals surface area contributed by atoms with Gasteiger partial charge in [-0.3, -0.25) is 0 Å². The predicted octanol–water partition coefficient (Wildman–Crippen LogP) is 2.71. The van der Waals surface area contributed by atoms with Crippen LogP contribution in [0, 0.1) is 0 Å². The lowest BCUT2D eigenvalue weighted by molar-refractivity contribution is 0.298. The van der Waals surface area contributed by atoms with Gasteiger partial charge in [0.15, 0.2) is 16.6 Å².